The van der Waals surface area contributed by atoms with E-state index in [0.29, 0.717) is 5.56 Å². The van der Waals surface area contributed by atoms with Gasteiger partial charge in [-0.3, -0.25) is 4.79 Å². The number of carbonyl (C=O) groups excluding carboxylic acids is 1. The van der Waals surface area contributed by atoms with Crippen LogP contribution in [0.2, 0.25) is 5.04 Å². The minimum absolute atomic E-state index is 0.0935. The third-order valence-electron chi connectivity index (χ3n) is 9.74. The average molecular weight is 934 g/mol. The monoisotopic (exact) mass is 933 g/mol. The highest BCUT2D eigenvalue weighted by atomic mass is 28.4. The molecule has 7 atom stereocenters. The Hall–Kier alpha value is -3.30. The first-order valence-electron chi connectivity index (χ1n) is 17.6. The lowest BCUT2D eigenvalue weighted by Crippen LogP contribution is -2.74. The summed E-state index contributed by atoms with van der Waals surface area (Å²) < 4.78 is 267. The van der Waals surface area contributed by atoms with Gasteiger partial charge in [0.25, 0.3) is 0 Å². The number of hydrogen-bond donors (Lipinski definition) is 2. The zero-order valence-corrected chi connectivity index (χ0v) is 32.7. The molecule has 0 radical (unpaired) electrons. The van der Waals surface area contributed by atoms with Gasteiger partial charge < -0.3 is 33.5 Å². The SMILES string of the molecule is CC(=O)N[C@H]1C(O[Si](OCCC(F)(F)C(F)(F)C(F)(F)C(F)(F)C(F)(F)C(F)(F)C(F)(F)C(F)(F)F)(c2ccccc2)C(C)(C)C)O[C@@H]2COC(c3ccccc3)O[C@H]2[C@@H]1O. The highest BCUT2D eigenvalue weighted by molar-refractivity contribution is 6.83. The van der Waals surface area contributed by atoms with Crippen molar-refractivity contribution in [3.8, 4) is 0 Å². The average Bonchev–Trinajstić information content (AvgIpc) is 3.14. The molecule has 0 spiro atoms. The summed E-state index contributed by atoms with van der Waals surface area (Å²) in [5, 5.41) is 12.3. The van der Waals surface area contributed by atoms with Crippen molar-refractivity contribution in [3.05, 3.63) is 66.2 Å². The van der Waals surface area contributed by atoms with Crippen LogP contribution in [0.25, 0.3) is 0 Å². The Morgan fingerprint density at radius 3 is 1.67 bits per heavy atom. The molecular formula is C35H36F17NO7Si. The largest absolute Gasteiger partial charge is 0.460 e. The van der Waals surface area contributed by atoms with E-state index in [2.05, 4.69) is 5.32 Å². The van der Waals surface area contributed by atoms with Crippen molar-refractivity contribution in [3.63, 3.8) is 0 Å². The highest BCUT2D eigenvalue weighted by Crippen LogP contribution is 2.64. The van der Waals surface area contributed by atoms with Gasteiger partial charge in [0.05, 0.1) is 6.61 Å². The van der Waals surface area contributed by atoms with Gasteiger partial charge in [0.2, 0.25) is 5.91 Å². The van der Waals surface area contributed by atoms with Gasteiger partial charge in [0.15, 0.2) is 12.6 Å². The Morgan fingerprint density at radius 1 is 0.721 bits per heavy atom. The number of hydrogen-bond acceptors (Lipinski definition) is 7. The summed E-state index contributed by atoms with van der Waals surface area (Å²) in [6.45, 7) is 2.61. The first-order chi connectivity index (χ1) is 27.6. The fraction of sp³-hybridized carbons (Fsp3) is 0.629. The van der Waals surface area contributed by atoms with E-state index in [1.807, 2.05) is 0 Å². The fourth-order valence-electron chi connectivity index (χ4n) is 6.37. The van der Waals surface area contributed by atoms with Gasteiger partial charge in [-0.15, -0.1) is 0 Å². The number of carbonyl (C=O) groups is 1. The Morgan fingerprint density at radius 2 is 1.20 bits per heavy atom. The van der Waals surface area contributed by atoms with Crippen LogP contribution in [0.5, 0.6) is 0 Å². The topological polar surface area (TPSA) is 95.5 Å². The van der Waals surface area contributed by atoms with Gasteiger partial charge in [0, 0.05) is 30.6 Å². The van der Waals surface area contributed by atoms with Crippen LogP contribution in [0.15, 0.2) is 60.7 Å². The smallest absolute Gasteiger partial charge is 0.390 e. The number of fused-ring (bicyclic) bond motifs is 1. The van der Waals surface area contributed by atoms with Crippen molar-refractivity contribution < 1.29 is 108 Å². The molecule has 0 aromatic heterocycles. The summed E-state index contributed by atoms with van der Waals surface area (Å²) in [4.78, 5) is 12.4. The molecule has 2 aliphatic rings. The molecule has 8 nitrogen and oxygen atoms in total. The van der Waals surface area contributed by atoms with E-state index in [9.17, 15) is 75.8 Å². The Balaban J connectivity index is 1.69. The second kappa shape index (κ2) is 16.7. The number of benzene rings is 2. The van der Waals surface area contributed by atoms with Crippen LogP contribution in [0.1, 0.15) is 46.0 Å². The number of alkyl halides is 17. The van der Waals surface area contributed by atoms with Gasteiger partial charge in [-0.25, -0.2) is 0 Å². The summed E-state index contributed by atoms with van der Waals surface area (Å²) in [5.41, 5.74) is 0.498. The van der Waals surface area contributed by atoms with E-state index in [-0.39, 0.29) is 11.8 Å². The van der Waals surface area contributed by atoms with Crippen LogP contribution in [-0.4, -0.2) is 111 Å². The fourth-order valence-corrected chi connectivity index (χ4v) is 9.94. The number of rotatable bonds is 15. The third kappa shape index (κ3) is 8.57. The minimum atomic E-state index is -8.77. The van der Waals surface area contributed by atoms with E-state index < -0.39 is 117 Å². The first-order valence-corrected chi connectivity index (χ1v) is 19.4. The number of nitrogens with one attached hydrogen (secondary N) is 1. The van der Waals surface area contributed by atoms with E-state index in [1.54, 1.807) is 30.3 Å². The maximum absolute atomic E-state index is 15.1. The van der Waals surface area contributed by atoms with Gasteiger partial charge in [0.1, 0.15) is 24.4 Å². The van der Waals surface area contributed by atoms with Crippen LogP contribution < -0.4 is 10.5 Å². The number of halogens is 17. The first kappa shape index (κ1) is 50.3. The molecule has 26 heteroatoms. The zero-order chi connectivity index (χ0) is 46.6. The van der Waals surface area contributed by atoms with Gasteiger partial charge in [-0.05, 0) is 5.19 Å². The van der Waals surface area contributed by atoms with Crippen LogP contribution in [0.4, 0.5) is 74.6 Å². The van der Waals surface area contributed by atoms with Crippen LogP contribution in [0.3, 0.4) is 0 Å². The van der Waals surface area contributed by atoms with Crippen molar-refractivity contribution in [2.75, 3.05) is 13.2 Å². The standard InChI is InChI=1S/C35H36F17NO7Si/c1-18(54)53-22-23(55)24-21(17-56-25(59-24)19-11-7-5-8-12-19)58-26(22)60-61(27(2,3)4,20-13-9-6-10-14-20)57-16-15-28(36,37)29(38,39)30(40,41)31(42,43)32(44,45)33(46,47)34(48,49)35(50,51)52/h5-14,21-26,55H,15-17H2,1-4H3,(H,53,54)/t21-,22-,23-,24-,25?,26?,61?/m1/s1. The summed E-state index contributed by atoms with van der Waals surface area (Å²) in [6, 6.07) is 13.1. The molecule has 61 heavy (non-hydrogen) atoms. The molecule has 2 N–H and O–H groups in total. The minimum Gasteiger partial charge on any atom is -0.390 e. The summed E-state index contributed by atoms with van der Waals surface area (Å²) in [7, 11) is -4.83. The lowest BCUT2D eigenvalue weighted by Gasteiger charge is -2.51. The van der Waals surface area contributed by atoms with Crippen LogP contribution in [0, 0.1) is 0 Å². The lowest BCUT2D eigenvalue weighted by atomic mass is 9.88. The molecule has 346 valence electrons. The number of amides is 1. The molecule has 0 saturated carbocycles. The molecule has 2 aromatic carbocycles. The predicted molar refractivity (Wildman–Crippen MR) is 176 cm³/mol. The third-order valence-corrected chi connectivity index (χ3v) is 14.0. The van der Waals surface area contributed by atoms with Gasteiger partial charge in [-0.1, -0.05) is 81.4 Å². The van der Waals surface area contributed by atoms with Crippen LogP contribution >= 0.6 is 0 Å². The lowest BCUT2D eigenvalue weighted by molar-refractivity contribution is -0.461. The maximum atomic E-state index is 15.1. The Kier molecular flexibility index (Phi) is 13.8. The molecule has 2 saturated heterocycles. The molecule has 2 heterocycles. The van der Waals surface area contributed by atoms with E-state index >= 15 is 8.78 Å². The summed E-state index contributed by atoms with van der Waals surface area (Å²) >= 11 is 0. The molecule has 4 rings (SSSR count). The van der Waals surface area contributed by atoms with Gasteiger partial charge in [-0.2, -0.15) is 74.6 Å². The molecule has 1 amide bonds. The van der Waals surface area contributed by atoms with E-state index in [1.165, 1.54) is 51.1 Å². The molecule has 3 unspecified atom stereocenters. The van der Waals surface area contributed by atoms with Crippen molar-refractivity contribution in [1.29, 1.82) is 0 Å². The van der Waals surface area contributed by atoms with Crippen molar-refractivity contribution in [1.82, 2.24) is 5.32 Å². The molecule has 2 fully saturated rings. The Bertz CT molecular complexity index is 1820. The number of ether oxygens (including phenoxy) is 3. The number of aliphatic hydroxyl groups excluding tert-OH is 1. The second-order valence-corrected chi connectivity index (χ2v) is 18.9. The summed E-state index contributed by atoms with van der Waals surface area (Å²) in [5.74, 6) is -58.3. The molecule has 2 aliphatic heterocycles. The highest BCUT2D eigenvalue weighted by Gasteiger charge is 2.95. The molecule has 2 aromatic rings. The van der Waals surface area contributed by atoms with Gasteiger partial charge >= 0.3 is 56.2 Å². The quantitative estimate of drug-likeness (QED) is 0.137. The predicted octanol–water partition coefficient (Wildman–Crippen LogP) is 8.27. The maximum Gasteiger partial charge on any atom is 0.460 e. The second-order valence-electron chi connectivity index (χ2n) is 15.0. The molecule has 0 aliphatic carbocycles. The number of aliphatic hydroxyl groups is 1. The van der Waals surface area contributed by atoms with E-state index in [0.717, 1.165) is 6.92 Å². The van der Waals surface area contributed by atoms with E-state index in [4.69, 9.17) is 23.1 Å². The zero-order valence-electron chi connectivity index (χ0n) is 31.7. The molecular weight excluding hydrogens is 897 g/mol. The Labute approximate surface area is 335 Å². The van der Waals surface area contributed by atoms with Crippen molar-refractivity contribution in [2.45, 2.75) is 124 Å². The normalized spacial score (nSPS) is 25.1. The van der Waals surface area contributed by atoms with Crippen LogP contribution in [-0.2, 0) is 27.9 Å². The van der Waals surface area contributed by atoms with Crippen molar-refractivity contribution >= 4 is 19.7 Å². The summed E-state index contributed by atoms with van der Waals surface area (Å²) in [6.07, 6.45) is -18.0. The molecule has 0 bridgehead atoms. The van der Waals surface area contributed by atoms with Crippen molar-refractivity contribution in [2.24, 2.45) is 0 Å².